The summed E-state index contributed by atoms with van der Waals surface area (Å²) in [6, 6.07) is 2.50. The van der Waals surface area contributed by atoms with Crippen LogP contribution in [-0.2, 0) is 17.7 Å². The lowest BCUT2D eigenvalue weighted by molar-refractivity contribution is 0.191. The predicted molar refractivity (Wildman–Crippen MR) is 79.3 cm³/mol. The minimum atomic E-state index is 0.206. The molecule has 0 bridgehead atoms. The minimum Gasteiger partial charge on any atom is -0.385 e. The van der Waals surface area contributed by atoms with Crippen molar-refractivity contribution in [1.29, 1.82) is 0 Å². The predicted octanol–water partition coefficient (Wildman–Crippen LogP) is 3.20. The summed E-state index contributed by atoms with van der Waals surface area (Å²) in [5.41, 5.74) is 10.9. The van der Waals surface area contributed by atoms with Crippen molar-refractivity contribution >= 4 is 0 Å². The molecular formula is C16H28N2O. The lowest BCUT2D eigenvalue weighted by Crippen LogP contribution is -2.30. The molecule has 1 heterocycles. The maximum atomic E-state index is 6.35. The molecule has 2 rings (SSSR count). The van der Waals surface area contributed by atoms with Crippen LogP contribution in [0.1, 0.15) is 56.1 Å². The van der Waals surface area contributed by atoms with Crippen molar-refractivity contribution in [2.24, 2.45) is 11.1 Å². The number of unbranched alkanes of at least 4 members (excludes halogenated alkanes) is 1. The Hall–Kier alpha value is -0.800. The zero-order valence-corrected chi connectivity index (χ0v) is 12.8. The van der Waals surface area contributed by atoms with Gasteiger partial charge >= 0.3 is 0 Å². The van der Waals surface area contributed by atoms with Crippen LogP contribution >= 0.6 is 0 Å². The Morgan fingerprint density at radius 2 is 2.16 bits per heavy atom. The molecule has 0 saturated carbocycles. The number of ether oxygens (including phenoxy) is 1. The maximum absolute atomic E-state index is 6.35. The van der Waals surface area contributed by atoms with Crippen molar-refractivity contribution in [3.8, 4) is 0 Å². The molecule has 3 nitrogen and oxygen atoms in total. The molecule has 1 aromatic heterocycles. The molecule has 0 spiro atoms. The van der Waals surface area contributed by atoms with E-state index in [0.717, 1.165) is 32.4 Å². The second kappa shape index (κ2) is 5.68. The second-order valence-electron chi connectivity index (χ2n) is 6.69. The molecule has 108 valence electrons. The Labute approximate surface area is 117 Å². The molecule has 1 unspecified atom stereocenters. The number of nitrogens with two attached hydrogens (primary N) is 1. The summed E-state index contributed by atoms with van der Waals surface area (Å²) in [5, 5.41) is 0. The zero-order chi connectivity index (χ0) is 14.0. The first-order chi connectivity index (χ1) is 8.94. The van der Waals surface area contributed by atoms with Crippen molar-refractivity contribution in [2.45, 2.75) is 59.0 Å². The Bertz CT molecular complexity index is 434. The van der Waals surface area contributed by atoms with Gasteiger partial charge in [0.1, 0.15) is 0 Å². The van der Waals surface area contributed by atoms with Crippen LogP contribution in [0.3, 0.4) is 0 Å². The highest BCUT2D eigenvalue weighted by atomic mass is 16.5. The first-order valence-corrected chi connectivity index (χ1v) is 7.38. The number of nitrogens with zero attached hydrogens (tertiary/aromatic N) is 1. The van der Waals surface area contributed by atoms with E-state index in [1.165, 1.54) is 23.4 Å². The van der Waals surface area contributed by atoms with Gasteiger partial charge in [-0.3, -0.25) is 0 Å². The standard InChI is InChI=1S/C16H28N2O/c1-12-9-13-14(17)10-16(2,3)11-15(13)18(12)7-5-6-8-19-4/h9,14H,5-8,10-11,17H2,1-4H3. The van der Waals surface area contributed by atoms with Gasteiger partial charge < -0.3 is 15.0 Å². The Morgan fingerprint density at radius 3 is 2.84 bits per heavy atom. The van der Waals surface area contributed by atoms with Crippen LogP contribution in [0.5, 0.6) is 0 Å². The summed E-state index contributed by atoms with van der Waals surface area (Å²) in [6.45, 7) is 8.80. The van der Waals surface area contributed by atoms with Gasteiger partial charge in [-0.25, -0.2) is 0 Å². The first kappa shape index (κ1) is 14.6. The molecule has 1 aliphatic carbocycles. The van der Waals surface area contributed by atoms with Crippen LogP contribution in [0.15, 0.2) is 6.07 Å². The van der Waals surface area contributed by atoms with E-state index in [4.69, 9.17) is 10.5 Å². The Balaban J connectivity index is 2.16. The molecule has 2 N–H and O–H groups in total. The maximum Gasteiger partial charge on any atom is 0.0462 e. The average Bonchev–Trinajstić information content (AvgIpc) is 2.61. The summed E-state index contributed by atoms with van der Waals surface area (Å²) >= 11 is 0. The van der Waals surface area contributed by atoms with Crippen LogP contribution < -0.4 is 5.73 Å². The first-order valence-electron chi connectivity index (χ1n) is 7.38. The highest BCUT2D eigenvalue weighted by Crippen LogP contribution is 2.40. The van der Waals surface area contributed by atoms with Crippen molar-refractivity contribution in [3.05, 3.63) is 23.0 Å². The van der Waals surface area contributed by atoms with Gasteiger partial charge in [-0.2, -0.15) is 0 Å². The molecule has 0 aromatic carbocycles. The molecular weight excluding hydrogens is 236 g/mol. The van der Waals surface area contributed by atoms with Crippen molar-refractivity contribution < 1.29 is 4.74 Å². The van der Waals surface area contributed by atoms with E-state index in [9.17, 15) is 0 Å². The van der Waals surface area contributed by atoms with E-state index in [-0.39, 0.29) is 6.04 Å². The van der Waals surface area contributed by atoms with Gasteiger partial charge in [0.25, 0.3) is 0 Å². The van der Waals surface area contributed by atoms with E-state index >= 15 is 0 Å². The highest BCUT2D eigenvalue weighted by molar-refractivity contribution is 5.34. The lowest BCUT2D eigenvalue weighted by atomic mass is 9.74. The van der Waals surface area contributed by atoms with Crippen molar-refractivity contribution in [3.63, 3.8) is 0 Å². The van der Waals surface area contributed by atoms with E-state index in [1.54, 1.807) is 7.11 Å². The number of aromatic nitrogens is 1. The normalized spacial score (nSPS) is 21.4. The third kappa shape index (κ3) is 3.21. The van der Waals surface area contributed by atoms with Gasteiger partial charge in [-0.1, -0.05) is 13.8 Å². The third-order valence-electron chi connectivity index (χ3n) is 4.25. The topological polar surface area (TPSA) is 40.2 Å². The van der Waals surface area contributed by atoms with E-state index in [2.05, 4.69) is 31.4 Å². The molecule has 0 aliphatic heterocycles. The van der Waals surface area contributed by atoms with Crippen molar-refractivity contribution in [2.75, 3.05) is 13.7 Å². The van der Waals surface area contributed by atoms with Gasteiger partial charge in [0.15, 0.2) is 0 Å². The molecule has 1 aromatic rings. The molecule has 1 atom stereocenters. The SMILES string of the molecule is COCCCCn1c(C)cc2c1CC(C)(C)CC2N. The van der Waals surface area contributed by atoms with E-state index in [1.807, 2.05) is 0 Å². The zero-order valence-electron chi connectivity index (χ0n) is 12.8. The van der Waals surface area contributed by atoms with Gasteiger partial charge in [0, 0.05) is 37.7 Å². The molecule has 3 heteroatoms. The fraction of sp³-hybridized carbons (Fsp3) is 0.750. The molecule has 0 fully saturated rings. The van der Waals surface area contributed by atoms with Crippen LogP contribution in [0.2, 0.25) is 0 Å². The quantitative estimate of drug-likeness (QED) is 0.830. The van der Waals surface area contributed by atoms with Crippen LogP contribution in [0.25, 0.3) is 0 Å². The molecule has 0 saturated heterocycles. The number of hydrogen-bond donors (Lipinski definition) is 1. The number of hydrogen-bond acceptors (Lipinski definition) is 2. The smallest absolute Gasteiger partial charge is 0.0462 e. The van der Waals surface area contributed by atoms with E-state index in [0.29, 0.717) is 5.41 Å². The summed E-state index contributed by atoms with van der Waals surface area (Å²) in [5.74, 6) is 0. The molecule has 0 amide bonds. The number of fused-ring (bicyclic) bond motifs is 1. The van der Waals surface area contributed by atoms with Crippen LogP contribution in [0, 0.1) is 12.3 Å². The third-order valence-corrected chi connectivity index (χ3v) is 4.25. The number of aryl methyl sites for hydroxylation is 1. The fourth-order valence-electron chi connectivity index (χ4n) is 3.33. The van der Waals surface area contributed by atoms with Gasteiger partial charge in [0.05, 0.1) is 0 Å². The molecule has 19 heavy (non-hydrogen) atoms. The average molecular weight is 264 g/mol. The van der Waals surface area contributed by atoms with Gasteiger partial charge in [-0.15, -0.1) is 0 Å². The summed E-state index contributed by atoms with van der Waals surface area (Å²) in [4.78, 5) is 0. The van der Waals surface area contributed by atoms with Crippen LogP contribution in [-0.4, -0.2) is 18.3 Å². The van der Waals surface area contributed by atoms with E-state index < -0.39 is 0 Å². The summed E-state index contributed by atoms with van der Waals surface area (Å²) in [6.07, 6.45) is 4.53. The molecule has 0 radical (unpaired) electrons. The minimum absolute atomic E-state index is 0.206. The van der Waals surface area contributed by atoms with Crippen molar-refractivity contribution in [1.82, 2.24) is 4.57 Å². The molecule has 1 aliphatic rings. The van der Waals surface area contributed by atoms with Gasteiger partial charge in [0.2, 0.25) is 0 Å². The Kier molecular flexibility index (Phi) is 4.36. The highest BCUT2D eigenvalue weighted by Gasteiger charge is 2.32. The summed E-state index contributed by atoms with van der Waals surface area (Å²) in [7, 11) is 1.77. The number of methoxy groups -OCH3 is 1. The number of rotatable bonds is 5. The second-order valence-corrected chi connectivity index (χ2v) is 6.69. The fourth-order valence-corrected chi connectivity index (χ4v) is 3.33. The monoisotopic (exact) mass is 264 g/mol. The Morgan fingerprint density at radius 1 is 1.42 bits per heavy atom. The largest absolute Gasteiger partial charge is 0.385 e. The lowest BCUT2D eigenvalue weighted by Gasteiger charge is -2.34. The summed E-state index contributed by atoms with van der Waals surface area (Å²) < 4.78 is 7.60. The van der Waals surface area contributed by atoms with Crippen LogP contribution in [0.4, 0.5) is 0 Å². The van der Waals surface area contributed by atoms with Gasteiger partial charge in [-0.05, 0) is 49.7 Å².